The predicted molar refractivity (Wildman–Crippen MR) is 100 cm³/mol. The minimum Gasteiger partial charge on any atom is -0.505 e. The molecule has 0 unspecified atom stereocenters. The highest BCUT2D eigenvalue weighted by Crippen LogP contribution is 2.28. The zero-order valence-corrected chi connectivity index (χ0v) is 15.3. The lowest BCUT2D eigenvalue weighted by atomic mass is 10.1. The van der Waals surface area contributed by atoms with Crippen LogP contribution in [0.1, 0.15) is 32.0 Å². The van der Waals surface area contributed by atoms with Gasteiger partial charge in [-0.2, -0.15) is 0 Å². The lowest BCUT2D eigenvalue weighted by Crippen LogP contribution is -2.06. The summed E-state index contributed by atoms with van der Waals surface area (Å²) >= 11 is 0. The number of hydrogen-bond donors (Lipinski definition) is 4. The Morgan fingerprint density at radius 2 is 1.77 bits per heavy atom. The monoisotopic (exact) mass is 414 g/mol. The number of aromatic hydroxyl groups is 1. The Balaban J connectivity index is 2.14. The van der Waals surface area contributed by atoms with Crippen molar-refractivity contribution in [2.75, 3.05) is 6.61 Å². The Hall–Kier alpha value is -4.48. The summed E-state index contributed by atoms with van der Waals surface area (Å²) in [5, 5.41) is 45.4. The molecule has 0 saturated heterocycles. The molecule has 154 valence electrons. The lowest BCUT2D eigenvalue weighted by Gasteiger charge is -2.05. The summed E-state index contributed by atoms with van der Waals surface area (Å²) in [5.74, 6) is -4.10. The average Bonchev–Trinajstić information content (AvgIpc) is 3.10. The molecule has 12 nitrogen and oxygen atoms in total. The maximum Gasteiger partial charge on any atom is 0.344 e. The molecule has 0 amide bonds. The minimum absolute atomic E-state index is 0.141. The molecule has 12 heteroatoms. The van der Waals surface area contributed by atoms with E-state index in [1.54, 1.807) is 0 Å². The number of benzene rings is 1. The average molecular weight is 414 g/mol. The number of carboxylic acids is 3. The van der Waals surface area contributed by atoms with Crippen molar-refractivity contribution in [3.63, 3.8) is 0 Å². The first-order chi connectivity index (χ1) is 14.2. The summed E-state index contributed by atoms with van der Waals surface area (Å²) in [6.45, 7) is 0.834. The number of carboxylic acid groups (broad SMARTS) is 3. The van der Waals surface area contributed by atoms with Crippen LogP contribution in [0.4, 0.5) is 0 Å². The number of aliphatic carboxylic acids is 1. The van der Waals surface area contributed by atoms with Gasteiger partial charge in [0.05, 0.1) is 39.7 Å². The van der Waals surface area contributed by atoms with E-state index >= 15 is 0 Å². The summed E-state index contributed by atoms with van der Waals surface area (Å²) in [6.07, 6.45) is 2.49. The molecule has 0 aliphatic heterocycles. The zero-order chi connectivity index (χ0) is 22.0. The van der Waals surface area contributed by atoms with Gasteiger partial charge in [-0.05, 0) is 25.1 Å². The third kappa shape index (κ3) is 4.01. The Kier molecular flexibility index (Phi) is 5.31. The van der Waals surface area contributed by atoms with Crippen molar-refractivity contribution in [2.24, 2.45) is 5.16 Å². The topological polar surface area (TPSA) is 184 Å². The third-order valence-electron chi connectivity index (χ3n) is 3.98. The van der Waals surface area contributed by atoms with Crippen LogP contribution in [0.2, 0.25) is 0 Å². The van der Waals surface area contributed by atoms with E-state index in [-0.39, 0.29) is 39.5 Å². The van der Waals surface area contributed by atoms with E-state index in [4.69, 9.17) is 5.11 Å². The summed E-state index contributed by atoms with van der Waals surface area (Å²) in [5.41, 5.74) is 0.149. The van der Waals surface area contributed by atoms with Crippen LogP contribution < -0.4 is 0 Å². The Labute approximate surface area is 167 Å². The van der Waals surface area contributed by atoms with E-state index < -0.39 is 24.5 Å². The van der Waals surface area contributed by atoms with Crippen molar-refractivity contribution >= 4 is 35.2 Å². The van der Waals surface area contributed by atoms with E-state index in [9.17, 15) is 29.7 Å². The van der Waals surface area contributed by atoms with Crippen molar-refractivity contribution in [3.05, 3.63) is 46.8 Å². The maximum absolute atomic E-state index is 11.3. The van der Waals surface area contributed by atoms with Crippen molar-refractivity contribution < 1.29 is 39.6 Å². The molecule has 0 saturated carbocycles. The van der Waals surface area contributed by atoms with Crippen LogP contribution in [-0.2, 0) is 9.63 Å². The fraction of sp³-hybridized carbons (Fsp3) is 0.111. The summed E-state index contributed by atoms with van der Waals surface area (Å²) in [7, 11) is 0. The van der Waals surface area contributed by atoms with E-state index in [0.29, 0.717) is 5.39 Å². The molecular formula is C18H14N4O8. The number of rotatable bonds is 7. The second-order valence-corrected chi connectivity index (χ2v) is 6.05. The largest absolute Gasteiger partial charge is 0.505 e. The molecule has 1 aromatic carbocycles. The minimum atomic E-state index is -1.31. The quantitative estimate of drug-likeness (QED) is 0.324. The van der Waals surface area contributed by atoms with Crippen LogP contribution in [-0.4, -0.2) is 65.9 Å². The van der Waals surface area contributed by atoms with Crippen LogP contribution in [0.25, 0.3) is 16.7 Å². The van der Waals surface area contributed by atoms with Crippen LogP contribution in [0.15, 0.2) is 29.6 Å². The second-order valence-electron chi connectivity index (χ2n) is 6.05. The summed E-state index contributed by atoms with van der Waals surface area (Å²) < 4.78 is 1.21. The normalized spacial score (nSPS) is 11.1. The van der Waals surface area contributed by atoms with E-state index in [0.717, 1.165) is 12.3 Å². The summed E-state index contributed by atoms with van der Waals surface area (Å²) in [6, 6.07) is 3.48. The van der Waals surface area contributed by atoms with Gasteiger partial charge in [-0.1, -0.05) is 5.16 Å². The molecule has 30 heavy (non-hydrogen) atoms. The molecule has 0 aliphatic carbocycles. The van der Waals surface area contributed by atoms with Gasteiger partial charge in [-0.15, -0.1) is 5.10 Å². The highest BCUT2D eigenvalue weighted by molar-refractivity contribution is 6.00. The van der Waals surface area contributed by atoms with Gasteiger partial charge in [0.1, 0.15) is 5.75 Å². The fourth-order valence-corrected chi connectivity index (χ4v) is 2.61. The molecule has 0 aliphatic rings. The van der Waals surface area contributed by atoms with E-state index in [1.165, 1.54) is 29.9 Å². The number of aryl methyl sites for hydroxylation is 1. The number of oxime groups is 1. The molecule has 0 fully saturated rings. The molecule has 0 bridgehead atoms. The third-order valence-corrected chi connectivity index (χ3v) is 3.98. The van der Waals surface area contributed by atoms with Crippen molar-refractivity contribution in [1.29, 1.82) is 0 Å². The fourth-order valence-electron chi connectivity index (χ4n) is 2.61. The molecular weight excluding hydrogens is 400 g/mol. The summed E-state index contributed by atoms with van der Waals surface area (Å²) in [4.78, 5) is 41.9. The number of aromatic carboxylic acids is 2. The first-order valence-corrected chi connectivity index (χ1v) is 8.25. The zero-order valence-electron chi connectivity index (χ0n) is 15.3. The van der Waals surface area contributed by atoms with Gasteiger partial charge in [0.15, 0.2) is 5.65 Å². The first kappa shape index (κ1) is 20.3. The smallest absolute Gasteiger partial charge is 0.344 e. The van der Waals surface area contributed by atoms with E-state index in [1.807, 2.05) is 0 Å². The Morgan fingerprint density at radius 3 is 2.33 bits per heavy atom. The molecule has 2 heterocycles. The van der Waals surface area contributed by atoms with Crippen molar-refractivity contribution in [3.8, 4) is 11.4 Å². The number of pyridine rings is 1. The number of fused-ring (bicyclic) bond motifs is 1. The van der Waals surface area contributed by atoms with Gasteiger partial charge in [-0.3, -0.25) is 0 Å². The highest BCUT2D eigenvalue weighted by atomic mass is 16.6. The molecule has 3 rings (SSSR count). The predicted octanol–water partition coefficient (Wildman–Crippen LogP) is 1.27. The number of aromatic nitrogens is 3. The van der Waals surface area contributed by atoms with Gasteiger partial charge < -0.3 is 25.3 Å². The van der Waals surface area contributed by atoms with Gasteiger partial charge in [0.2, 0.25) is 6.61 Å². The first-order valence-electron chi connectivity index (χ1n) is 8.25. The highest BCUT2D eigenvalue weighted by Gasteiger charge is 2.17. The SMILES string of the molecule is Cc1nc2nn(-c3cc(C(=O)O)cc(C(=O)O)c3)cc2c(/C=N\OCC(=O)O)c1O. The number of hydrogen-bond acceptors (Lipinski definition) is 8. The standard InChI is InChI=1S/C18H14N4O8/c1-8-15(25)12(5-19-30-7-14(23)24)13-6-22(21-16(13)20-8)11-3-9(17(26)27)2-10(4-11)18(28)29/h2-6,25H,7H2,1H3,(H,23,24)(H,26,27)(H,28,29)/b19-5-. The number of carbonyl (C=O) groups is 3. The Bertz CT molecular complexity index is 1180. The Morgan fingerprint density at radius 1 is 1.13 bits per heavy atom. The van der Waals surface area contributed by atoms with Gasteiger partial charge in [0.25, 0.3) is 0 Å². The molecule has 3 aromatic rings. The molecule has 0 atom stereocenters. The van der Waals surface area contributed by atoms with Crippen LogP contribution in [0, 0.1) is 6.92 Å². The molecule has 4 N–H and O–H groups in total. The van der Waals surface area contributed by atoms with Crippen LogP contribution >= 0.6 is 0 Å². The van der Waals surface area contributed by atoms with Crippen molar-refractivity contribution in [2.45, 2.75) is 6.92 Å². The van der Waals surface area contributed by atoms with Gasteiger partial charge >= 0.3 is 17.9 Å². The van der Waals surface area contributed by atoms with Gasteiger partial charge in [-0.25, -0.2) is 24.0 Å². The second kappa shape index (κ2) is 7.87. The van der Waals surface area contributed by atoms with E-state index in [2.05, 4.69) is 20.1 Å². The molecule has 0 radical (unpaired) electrons. The van der Waals surface area contributed by atoms with Crippen molar-refractivity contribution in [1.82, 2.24) is 14.8 Å². The van der Waals surface area contributed by atoms with Crippen LogP contribution in [0.5, 0.6) is 5.75 Å². The molecule has 2 aromatic heterocycles. The number of nitrogens with zero attached hydrogens (tertiary/aromatic N) is 4. The lowest BCUT2D eigenvalue weighted by molar-refractivity contribution is -0.142. The van der Waals surface area contributed by atoms with Gasteiger partial charge in [0, 0.05) is 6.20 Å². The maximum atomic E-state index is 11.3. The molecule has 0 spiro atoms. The van der Waals surface area contributed by atoms with Crippen LogP contribution in [0.3, 0.4) is 0 Å².